The van der Waals surface area contributed by atoms with Gasteiger partial charge < -0.3 is 10.6 Å². The molecule has 1 atom stereocenters. The van der Waals surface area contributed by atoms with Crippen molar-refractivity contribution in [1.29, 1.82) is 0 Å². The van der Waals surface area contributed by atoms with E-state index in [-0.39, 0.29) is 17.6 Å². The van der Waals surface area contributed by atoms with Crippen LogP contribution in [-0.4, -0.2) is 44.7 Å². The molecule has 1 saturated heterocycles. The van der Waals surface area contributed by atoms with Crippen molar-refractivity contribution in [3.63, 3.8) is 0 Å². The zero-order valence-corrected chi connectivity index (χ0v) is 15.2. The van der Waals surface area contributed by atoms with E-state index < -0.39 is 0 Å². The highest BCUT2D eigenvalue weighted by Gasteiger charge is 2.27. The van der Waals surface area contributed by atoms with Crippen molar-refractivity contribution in [1.82, 2.24) is 19.7 Å². The minimum atomic E-state index is -0.383. The summed E-state index contributed by atoms with van der Waals surface area (Å²) in [6.45, 7) is 3.48. The third kappa shape index (κ3) is 4.04. The number of amides is 1. The Kier molecular flexibility index (Phi) is 5.88. The number of H-pyrrole nitrogens is 1. The largest absolute Gasteiger partial charge is 0.347 e. The summed E-state index contributed by atoms with van der Waals surface area (Å²) in [5.41, 5.74) is 6.56. The molecule has 0 radical (unpaired) electrons. The van der Waals surface area contributed by atoms with Crippen LogP contribution in [0.5, 0.6) is 0 Å². The Morgan fingerprint density at radius 3 is 2.65 bits per heavy atom. The number of benzene rings is 1. The van der Waals surface area contributed by atoms with Gasteiger partial charge in [0.15, 0.2) is 0 Å². The highest BCUT2D eigenvalue weighted by Crippen LogP contribution is 2.22. The Bertz CT molecular complexity index is 775. The van der Waals surface area contributed by atoms with Crippen LogP contribution in [0.4, 0.5) is 0 Å². The van der Waals surface area contributed by atoms with E-state index in [9.17, 15) is 9.59 Å². The number of piperidine rings is 1. The zero-order valence-electron chi connectivity index (χ0n) is 15.2. The number of hydrogen-bond donors (Lipinski definition) is 2. The first-order valence-corrected chi connectivity index (χ1v) is 9.36. The molecule has 0 aliphatic carbocycles. The van der Waals surface area contributed by atoms with E-state index in [2.05, 4.69) is 10.2 Å². The summed E-state index contributed by atoms with van der Waals surface area (Å²) in [6.07, 6.45) is 4.17. The SMILES string of the molecule is CCC[C@H](N)C(=O)N1CCC(Cc2n[nH]c(=O)n2-c2ccccc2)CC1. The van der Waals surface area contributed by atoms with Gasteiger partial charge in [-0.3, -0.25) is 4.79 Å². The Hall–Kier alpha value is -2.41. The number of rotatable bonds is 6. The van der Waals surface area contributed by atoms with Crippen molar-refractivity contribution in [3.05, 3.63) is 46.6 Å². The lowest BCUT2D eigenvalue weighted by Crippen LogP contribution is -2.47. The number of nitrogens with one attached hydrogen (secondary N) is 1. The minimum Gasteiger partial charge on any atom is -0.341 e. The summed E-state index contributed by atoms with van der Waals surface area (Å²) in [7, 11) is 0. The molecule has 2 aromatic rings. The van der Waals surface area contributed by atoms with Crippen LogP contribution in [0.15, 0.2) is 35.1 Å². The molecular weight excluding hydrogens is 330 g/mol. The molecule has 0 bridgehead atoms. The van der Waals surface area contributed by atoms with Crippen LogP contribution in [-0.2, 0) is 11.2 Å². The average Bonchev–Trinajstić information content (AvgIpc) is 3.03. The maximum Gasteiger partial charge on any atom is 0.347 e. The van der Waals surface area contributed by atoms with Crippen molar-refractivity contribution in [3.8, 4) is 5.69 Å². The number of nitrogens with zero attached hydrogens (tertiary/aromatic N) is 3. The molecule has 1 amide bonds. The summed E-state index contributed by atoms with van der Waals surface area (Å²) in [6, 6.07) is 9.15. The molecule has 7 nitrogen and oxygen atoms in total. The number of carbonyl (C=O) groups excluding carboxylic acids is 1. The fraction of sp³-hybridized carbons (Fsp3) is 0.526. The molecule has 7 heteroatoms. The van der Waals surface area contributed by atoms with Crippen LogP contribution in [0.1, 0.15) is 38.4 Å². The van der Waals surface area contributed by atoms with Crippen LogP contribution in [0.3, 0.4) is 0 Å². The average molecular weight is 357 g/mol. The molecule has 0 unspecified atom stereocenters. The maximum absolute atomic E-state index is 12.3. The van der Waals surface area contributed by atoms with Gasteiger partial charge in [-0.05, 0) is 37.3 Å². The molecule has 3 N–H and O–H groups in total. The fourth-order valence-corrected chi connectivity index (χ4v) is 3.59. The lowest BCUT2D eigenvalue weighted by atomic mass is 9.92. The number of hydrogen-bond acceptors (Lipinski definition) is 4. The number of likely N-dealkylation sites (tertiary alicyclic amines) is 1. The third-order valence-corrected chi connectivity index (χ3v) is 5.07. The van der Waals surface area contributed by atoms with Crippen LogP contribution in [0.25, 0.3) is 5.69 Å². The standard InChI is InChI=1S/C19H27N5O2/c1-2-6-16(20)18(25)23-11-9-14(10-12-23)13-17-21-22-19(26)24(17)15-7-4-3-5-8-15/h3-5,7-8,14,16H,2,6,9-13,20H2,1H3,(H,22,26)/t16-/m0/s1. The van der Waals surface area contributed by atoms with Gasteiger partial charge in [-0.25, -0.2) is 14.5 Å². The van der Waals surface area contributed by atoms with Crippen molar-refractivity contribution < 1.29 is 4.79 Å². The molecule has 0 saturated carbocycles. The van der Waals surface area contributed by atoms with Gasteiger partial charge in [0.2, 0.25) is 5.91 Å². The van der Waals surface area contributed by atoms with Crippen molar-refractivity contribution in [2.45, 2.75) is 45.1 Å². The van der Waals surface area contributed by atoms with Crippen molar-refractivity contribution in [2.75, 3.05) is 13.1 Å². The minimum absolute atomic E-state index is 0.0614. The zero-order chi connectivity index (χ0) is 18.5. The topological polar surface area (TPSA) is 97.0 Å². The Labute approximate surface area is 153 Å². The lowest BCUT2D eigenvalue weighted by Gasteiger charge is -2.33. The first kappa shape index (κ1) is 18.4. The first-order chi connectivity index (χ1) is 12.6. The highest BCUT2D eigenvalue weighted by molar-refractivity contribution is 5.81. The fourth-order valence-electron chi connectivity index (χ4n) is 3.59. The van der Waals surface area contributed by atoms with Crippen molar-refractivity contribution >= 4 is 5.91 Å². The number of para-hydroxylation sites is 1. The van der Waals surface area contributed by atoms with E-state index in [4.69, 9.17) is 5.73 Å². The summed E-state index contributed by atoms with van der Waals surface area (Å²) in [4.78, 5) is 26.4. The molecular formula is C19H27N5O2. The molecule has 2 heterocycles. The molecule has 1 aliphatic rings. The summed E-state index contributed by atoms with van der Waals surface area (Å²) in [5, 5.41) is 6.78. The van der Waals surface area contributed by atoms with Gasteiger partial charge in [-0.1, -0.05) is 31.5 Å². The van der Waals surface area contributed by atoms with E-state index >= 15 is 0 Å². The second-order valence-corrected chi connectivity index (χ2v) is 6.98. The van der Waals surface area contributed by atoms with Crippen LogP contribution >= 0.6 is 0 Å². The van der Waals surface area contributed by atoms with E-state index in [1.165, 1.54) is 0 Å². The van der Waals surface area contributed by atoms with Gasteiger partial charge in [0.05, 0.1) is 11.7 Å². The molecule has 1 aromatic carbocycles. The number of aromatic nitrogens is 3. The van der Waals surface area contributed by atoms with Gasteiger partial charge in [-0.2, -0.15) is 5.10 Å². The normalized spacial score (nSPS) is 16.6. The second-order valence-electron chi connectivity index (χ2n) is 6.98. The summed E-state index contributed by atoms with van der Waals surface area (Å²) < 4.78 is 1.63. The molecule has 0 spiro atoms. The van der Waals surface area contributed by atoms with E-state index in [0.29, 0.717) is 5.92 Å². The van der Waals surface area contributed by atoms with Gasteiger partial charge in [0.1, 0.15) is 5.82 Å². The van der Waals surface area contributed by atoms with Gasteiger partial charge in [0.25, 0.3) is 0 Å². The smallest absolute Gasteiger partial charge is 0.341 e. The number of nitrogens with two attached hydrogens (primary N) is 1. The number of aromatic amines is 1. The van der Waals surface area contributed by atoms with Gasteiger partial charge >= 0.3 is 5.69 Å². The molecule has 1 aliphatic heterocycles. The predicted molar refractivity (Wildman–Crippen MR) is 100 cm³/mol. The molecule has 1 fully saturated rings. The van der Waals surface area contributed by atoms with Gasteiger partial charge in [-0.15, -0.1) is 0 Å². The highest BCUT2D eigenvalue weighted by atomic mass is 16.2. The Morgan fingerprint density at radius 2 is 2.00 bits per heavy atom. The Morgan fingerprint density at radius 1 is 1.31 bits per heavy atom. The van der Waals surface area contributed by atoms with E-state index in [0.717, 1.165) is 56.7 Å². The lowest BCUT2D eigenvalue weighted by molar-refractivity contribution is -0.134. The predicted octanol–water partition coefficient (Wildman–Crippen LogP) is 1.47. The van der Waals surface area contributed by atoms with Crippen molar-refractivity contribution in [2.24, 2.45) is 11.7 Å². The maximum atomic E-state index is 12.3. The first-order valence-electron chi connectivity index (χ1n) is 9.36. The summed E-state index contributed by atoms with van der Waals surface area (Å²) >= 11 is 0. The van der Waals surface area contributed by atoms with Gasteiger partial charge in [0, 0.05) is 19.5 Å². The molecule has 140 valence electrons. The van der Waals surface area contributed by atoms with E-state index in [1.807, 2.05) is 42.2 Å². The van der Waals surface area contributed by atoms with Crippen LogP contribution in [0.2, 0.25) is 0 Å². The molecule has 3 rings (SSSR count). The van der Waals surface area contributed by atoms with Crippen LogP contribution < -0.4 is 11.4 Å². The molecule has 1 aromatic heterocycles. The summed E-state index contributed by atoms with van der Waals surface area (Å²) in [5.74, 6) is 1.21. The monoisotopic (exact) mass is 357 g/mol. The second kappa shape index (κ2) is 8.31. The number of carbonyl (C=O) groups is 1. The Balaban J connectivity index is 1.63. The quantitative estimate of drug-likeness (QED) is 0.818. The third-order valence-electron chi connectivity index (χ3n) is 5.07. The van der Waals surface area contributed by atoms with E-state index in [1.54, 1.807) is 4.57 Å². The van der Waals surface area contributed by atoms with Crippen LogP contribution in [0, 0.1) is 5.92 Å². The molecule has 26 heavy (non-hydrogen) atoms.